The Morgan fingerprint density at radius 2 is 2.20 bits per heavy atom. The van der Waals surface area contributed by atoms with Gasteiger partial charge in [-0.05, 0) is 30.4 Å². The van der Waals surface area contributed by atoms with Crippen molar-refractivity contribution in [2.45, 2.75) is 18.8 Å². The van der Waals surface area contributed by atoms with E-state index < -0.39 is 0 Å². The van der Waals surface area contributed by atoms with Gasteiger partial charge in [0.2, 0.25) is 0 Å². The minimum Gasteiger partial charge on any atom is -0.375 e. The van der Waals surface area contributed by atoms with Gasteiger partial charge in [0.25, 0.3) is 0 Å². The molecule has 1 aliphatic carbocycles. The molecule has 0 bridgehead atoms. The molecule has 1 fully saturated rings. The Morgan fingerprint density at radius 1 is 1.33 bits per heavy atom. The molecule has 1 aromatic heterocycles. The molecule has 2 aromatic rings. The zero-order valence-corrected chi connectivity index (χ0v) is 9.13. The van der Waals surface area contributed by atoms with Crippen LogP contribution in [-0.2, 0) is 0 Å². The minimum absolute atomic E-state index is 0.641. The van der Waals surface area contributed by atoms with E-state index in [1.165, 1.54) is 35.3 Å². The predicted octanol–water partition coefficient (Wildman–Crippen LogP) is 3.27. The van der Waals surface area contributed by atoms with Crippen molar-refractivity contribution in [1.82, 2.24) is 4.98 Å². The number of aromatic nitrogens is 1. The number of nitrogens with two attached hydrogens (primary N) is 1. The Balaban J connectivity index is 2.00. The summed E-state index contributed by atoms with van der Waals surface area (Å²) >= 11 is 1.50. The molecule has 0 amide bonds. The van der Waals surface area contributed by atoms with E-state index in [1.807, 2.05) is 5.38 Å². The maximum Gasteiger partial charge on any atom is 0.180 e. The normalized spacial score (nSPS) is 15.5. The van der Waals surface area contributed by atoms with Crippen molar-refractivity contribution >= 4 is 16.5 Å². The van der Waals surface area contributed by atoms with Crippen LogP contribution in [-0.4, -0.2) is 4.98 Å². The fourth-order valence-corrected chi connectivity index (χ4v) is 2.36. The standard InChI is InChI=1S/C12H12N2S/c13-12-14-11(7-15-12)10-3-1-2-9(6-10)8-4-5-8/h1-3,6-8H,4-5H2,(H2,13,14). The fraction of sp³-hybridized carbons (Fsp3) is 0.250. The third kappa shape index (κ3) is 1.75. The first-order valence-electron chi connectivity index (χ1n) is 5.14. The van der Waals surface area contributed by atoms with E-state index in [1.54, 1.807) is 0 Å². The highest BCUT2D eigenvalue weighted by atomic mass is 32.1. The Hall–Kier alpha value is -1.35. The van der Waals surface area contributed by atoms with Gasteiger partial charge in [-0.2, -0.15) is 0 Å². The van der Waals surface area contributed by atoms with Gasteiger partial charge in [0.05, 0.1) is 5.69 Å². The highest BCUT2D eigenvalue weighted by Gasteiger charge is 2.23. The average molecular weight is 216 g/mol. The molecule has 0 aliphatic heterocycles. The van der Waals surface area contributed by atoms with Gasteiger partial charge in [-0.1, -0.05) is 18.2 Å². The Bertz CT molecular complexity index is 486. The zero-order chi connectivity index (χ0) is 10.3. The van der Waals surface area contributed by atoms with Gasteiger partial charge in [0.15, 0.2) is 5.13 Å². The van der Waals surface area contributed by atoms with Gasteiger partial charge in [0.1, 0.15) is 0 Å². The molecule has 3 heteroatoms. The summed E-state index contributed by atoms with van der Waals surface area (Å²) < 4.78 is 0. The van der Waals surface area contributed by atoms with Gasteiger partial charge in [-0.25, -0.2) is 4.98 Å². The largest absolute Gasteiger partial charge is 0.375 e. The van der Waals surface area contributed by atoms with Gasteiger partial charge in [-0.3, -0.25) is 0 Å². The van der Waals surface area contributed by atoms with Crippen LogP contribution in [0, 0.1) is 0 Å². The van der Waals surface area contributed by atoms with Crippen molar-refractivity contribution in [3.05, 3.63) is 35.2 Å². The summed E-state index contributed by atoms with van der Waals surface area (Å²) in [5.41, 5.74) is 9.26. The Kier molecular flexibility index (Phi) is 1.99. The third-order valence-corrected chi connectivity index (χ3v) is 3.43. The number of thiazole rings is 1. The van der Waals surface area contributed by atoms with Crippen molar-refractivity contribution in [3.63, 3.8) is 0 Å². The van der Waals surface area contributed by atoms with Crippen LogP contribution in [0.1, 0.15) is 24.3 Å². The number of rotatable bonds is 2. The lowest BCUT2D eigenvalue weighted by Gasteiger charge is -2.00. The van der Waals surface area contributed by atoms with E-state index in [0.29, 0.717) is 5.13 Å². The van der Waals surface area contributed by atoms with E-state index in [0.717, 1.165) is 11.6 Å². The Labute approximate surface area is 92.8 Å². The summed E-state index contributed by atoms with van der Waals surface area (Å²) in [6.45, 7) is 0. The minimum atomic E-state index is 0.641. The van der Waals surface area contributed by atoms with E-state index >= 15 is 0 Å². The summed E-state index contributed by atoms with van der Waals surface area (Å²) in [7, 11) is 0. The van der Waals surface area contributed by atoms with Gasteiger partial charge in [-0.15, -0.1) is 11.3 Å². The van der Waals surface area contributed by atoms with E-state index in [4.69, 9.17) is 5.73 Å². The molecule has 1 heterocycles. The van der Waals surface area contributed by atoms with Crippen LogP contribution in [0.15, 0.2) is 29.6 Å². The lowest BCUT2D eigenvalue weighted by molar-refractivity contribution is 1.13. The van der Waals surface area contributed by atoms with Crippen LogP contribution in [0.4, 0.5) is 5.13 Å². The molecule has 1 aromatic carbocycles. The molecule has 2 nitrogen and oxygen atoms in total. The van der Waals surface area contributed by atoms with Gasteiger partial charge < -0.3 is 5.73 Å². The Morgan fingerprint density at radius 3 is 2.87 bits per heavy atom. The highest BCUT2D eigenvalue weighted by molar-refractivity contribution is 7.13. The van der Waals surface area contributed by atoms with Crippen LogP contribution >= 0.6 is 11.3 Å². The monoisotopic (exact) mass is 216 g/mol. The number of anilines is 1. The molecule has 0 radical (unpaired) electrons. The SMILES string of the molecule is Nc1nc(-c2cccc(C3CC3)c2)cs1. The quantitative estimate of drug-likeness (QED) is 0.836. The molecular formula is C12H12N2S. The van der Waals surface area contributed by atoms with Crippen LogP contribution in [0.25, 0.3) is 11.3 Å². The summed E-state index contributed by atoms with van der Waals surface area (Å²) in [5, 5.41) is 2.66. The molecule has 15 heavy (non-hydrogen) atoms. The zero-order valence-electron chi connectivity index (χ0n) is 8.31. The maximum absolute atomic E-state index is 5.63. The highest BCUT2D eigenvalue weighted by Crippen LogP contribution is 2.41. The van der Waals surface area contributed by atoms with Crippen LogP contribution in [0.5, 0.6) is 0 Å². The predicted molar refractivity (Wildman–Crippen MR) is 63.9 cm³/mol. The fourth-order valence-electron chi connectivity index (χ4n) is 1.79. The molecule has 1 aliphatic rings. The van der Waals surface area contributed by atoms with Crippen LogP contribution in [0.3, 0.4) is 0 Å². The van der Waals surface area contributed by atoms with E-state index in [-0.39, 0.29) is 0 Å². The molecule has 0 spiro atoms. The maximum atomic E-state index is 5.63. The number of nitrogens with zero attached hydrogens (tertiary/aromatic N) is 1. The molecule has 3 rings (SSSR count). The van der Waals surface area contributed by atoms with Gasteiger partial charge >= 0.3 is 0 Å². The van der Waals surface area contributed by atoms with E-state index in [2.05, 4.69) is 29.2 Å². The molecule has 0 atom stereocenters. The summed E-state index contributed by atoms with van der Waals surface area (Å²) in [5.74, 6) is 0.793. The lowest BCUT2D eigenvalue weighted by Crippen LogP contribution is -1.84. The first-order valence-corrected chi connectivity index (χ1v) is 6.02. The van der Waals surface area contributed by atoms with Crippen molar-refractivity contribution < 1.29 is 0 Å². The van der Waals surface area contributed by atoms with Crippen LogP contribution in [0.2, 0.25) is 0 Å². The summed E-state index contributed by atoms with van der Waals surface area (Å²) in [6, 6.07) is 8.65. The number of hydrogen-bond acceptors (Lipinski definition) is 3. The smallest absolute Gasteiger partial charge is 0.180 e. The second kappa shape index (κ2) is 3.35. The second-order valence-electron chi connectivity index (χ2n) is 3.97. The number of benzene rings is 1. The average Bonchev–Trinajstić information content (AvgIpc) is 3.02. The topological polar surface area (TPSA) is 38.9 Å². The molecule has 76 valence electrons. The summed E-state index contributed by atoms with van der Waals surface area (Å²) in [4.78, 5) is 4.30. The second-order valence-corrected chi connectivity index (χ2v) is 4.86. The lowest BCUT2D eigenvalue weighted by atomic mass is 10.1. The van der Waals surface area contributed by atoms with E-state index in [9.17, 15) is 0 Å². The number of hydrogen-bond donors (Lipinski definition) is 1. The van der Waals surface area contributed by atoms with Crippen molar-refractivity contribution in [2.75, 3.05) is 5.73 Å². The third-order valence-electron chi connectivity index (χ3n) is 2.75. The van der Waals surface area contributed by atoms with Crippen LogP contribution < -0.4 is 5.73 Å². The molecule has 0 unspecified atom stereocenters. The molecular weight excluding hydrogens is 204 g/mol. The van der Waals surface area contributed by atoms with Crippen molar-refractivity contribution in [1.29, 1.82) is 0 Å². The van der Waals surface area contributed by atoms with Crippen molar-refractivity contribution in [3.8, 4) is 11.3 Å². The first kappa shape index (κ1) is 8.92. The first-order chi connectivity index (χ1) is 7.33. The molecule has 1 saturated carbocycles. The van der Waals surface area contributed by atoms with Gasteiger partial charge in [0, 0.05) is 10.9 Å². The molecule has 0 saturated heterocycles. The molecule has 2 N–H and O–H groups in total. The summed E-state index contributed by atoms with van der Waals surface area (Å²) in [6.07, 6.45) is 2.67. The van der Waals surface area contributed by atoms with Crippen molar-refractivity contribution in [2.24, 2.45) is 0 Å². The number of nitrogen functional groups attached to an aromatic ring is 1.